The molecule has 2 aromatic carbocycles. The van der Waals surface area contributed by atoms with Crippen molar-refractivity contribution in [2.75, 3.05) is 39.3 Å². The van der Waals surface area contributed by atoms with Crippen molar-refractivity contribution in [2.45, 2.75) is 0 Å². The van der Waals surface area contributed by atoms with Gasteiger partial charge in [0.05, 0.1) is 10.2 Å². The van der Waals surface area contributed by atoms with E-state index in [-0.39, 0.29) is 0 Å². The van der Waals surface area contributed by atoms with E-state index in [1.807, 2.05) is 42.5 Å². The Morgan fingerprint density at radius 3 is 2.52 bits per heavy atom. The second-order valence-electron chi connectivity index (χ2n) is 7.31. The summed E-state index contributed by atoms with van der Waals surface area (Å²) in [7, 11) is 0. The zero-order chi connectivity index (χ0) is 18.1. The maximum absolute atomic E-state index is 5.92. The SMILES string of the molecule is c1ccc2sc(Oc3ccc(OCCN4CC5CNCC5C4)cc3)nc2c1. The molecule has 0 spiro atoms. The molecular formula is C21H23N3O2S. The maximum Gasteiger partial charge on any atom is 0.279 e. The number of likely N-dealkylation sites (tertiary alicyclic amines) is 1. The summed E-state index contributed by atoms with van der Waals surface area (Å²) in [5, 5.41) is 4.15. The quantitative estimate of drug-likeness (QED) is 0.707. The van der Waals surface area contributed by atoms with Crippen LogP contribution in [0.15, 0.2) is 48.5 Å². The van der Waals surface area contributed by atoms with E-state index < -0.39 is 0 Å². The molecule has 1 N–H and O–H groups in total. The Kier molecular flexibility index (Phi) is 4.69. The van der Waals surface area contributed by atoms with Gasteiger partial charge in [0.25, 0.3) is 5.19 Å². The molecule has 2 aliphatic heterocycles. The molecule has 0 radical (unpaired) electrons. The number of nitrogens with one attached hydrogen (secondary N) is 1. The Morgan fingerprint density at radius 1 is 1.00 bits per heavy atom. The number of benzene rings is 2. The van der Waals surface area contributed by atoms with Gasteiger partial charge < -0.3 is 14.8 Å². The van der Waals surface area contributed by atoms with Gasteiger partial charge in [0.15, 0.2) is 0 Å². The molecule has 1 aromatic heterocycles. The predicted octanol–water partition coefficient (Wildman–Crippen LogP) is 3.62. The average Bonchev–Trinajstić information content (AvgIpc) is 3.37. The van der Waals surface area contributed by atoms with Crippen LogP contribution in [0.1, 0.15) is 0 Å². The minimum absolute atomic E-state index is 0.666. The monoisotopic (exact) mass is 381 g/mol. The first-order valence-corrected chi connectivity index (χ1v) is 10.3. The summed E-state index contributed by atoms with van der Waals surface area (Å²) in [6.07, 6.45) is 0. The van der Waals surface area contributed by atoms with Gasteiger partial charge in [0, 0.05) is 19.6 Å². The molecule has 2 atom stereocenters. The van der Waals surface area contributed by atoms with E-state index in [0.29, 0.717) is 5.19 Å². The highest BCUT2D eigenvalue weighted by Gasteiger charge is 2.35. The zero-order valence-corrected chi connectivity index (χ0v) is 16.0. The molecule has 2 unspecified atom stereocenters. The molecule has 2 saturated heterocycles. The molecule has 2 fully saturated rings. The van der Waals surface area contributed by atoms with Crippen LogP contribution in [0, 0.1) is 11.8 Å². The molecular weight excluding hydrogens is 358 g/mol. The molecule has 0 bridgehead atoms. The normalized spacial score (nSPS) is 22.2. The van der Waals surface area contributed by atoms with Crippen molar-refractivity contribution in [3.63, 3.8) is 0 Å². The first kappa shape index (κ1) is 17.0. The molecule has 5 rings (SSSR count). The molecule has 140 valence electrons. The van der Waals surface area contributed by atoms with Crippen LogP contribution in [0.5, 0.6) is 16.7 Å². The molecule has 5 nitrogen and oxygen atoms in total. The van der Waals surface area contributed by atoms with Gasteiger partial charge in [-0.3, -0.25) is 4.90 Å². The number of fused-ring (bicyclic) bond motifs is 2. The van der Waals surface area contributed by atoms with Crippen LogP contribution in [0.3, 0.4) is 0 Å². The van der Waals surface area contributed by atoms with Crippen LogP contribution in [0.2, 0.25) is 0 Å². The number of aromatic nitrogens is 1. The van der Waals surface area contributed by atoms with Crippen LogP contribution < -0.4 is 14.8 Å². The topological polar surface area (TPSA) is 46.6 Å². The third-order valence-electron chi connectivity index (χ3n) is 5.44. The Labute approximate surface area is 162 Å². The summed E-state index contributed by atoms with van der Waals surface area (Å²) in [5.41, 5.74) is 0.972. The first-order chi connectivity index (χ1) is 13.3. The van der Waals surface area contributed by atoms with Gasteiger partial charge in [-0.2, -0.15) is 0 Å². The maximum atomic E-state index is 5.92. The van der Waals surface area contributed by atoms with Crippen molar-refractivity contribution >= 4 is 21.6 Å². The molecule has 0 amide bonds. The summed E-state index contributed by atoms with van der Waals surface area (Å²) < 4.78 is 12.9. The van der Waals surface area contributed by atoms with Gasteiger partial charge in [0.2, 0.25) is 0 Å². The molecule has 27 heavy (non-hydrogen) atoms. The summed E-state index contributed by atoms with van der Waals surface area (Å²) in [5.74, 6) is 3.34. The number of hydrogen-bond acceptors (Lipinski definition) is 6. The third-order valence-corrected chi connectivity index (χ3v) is 6.36. The predicted molar refractivity (Wildman–Crippen MR) is 108 cm³/mol. The number of ether oxygens (including phenoxy) is 2. The fourth-order valence-corrected chi connectivity index (χ4v) is 4.86. The molecule has 3 heterocycles. The number of hydrogen-bond donors (Lipinski definition) is 1. The summed E-state index contributed by atoms with van der Waals surface area (Å²) in [4.78, 5) is 7.03. The van der Waals surface area contributed by atoms with E-state index in [1.54, 1.807) is 11.3 Å². The van der Waals surface area contributed by atoms with Gasteiger partial charge in [-0.25, -0.2) is 4.98 Å². The standard InChI is InChI=1S/C21H23N3O2S/c1-2-4-20-19(3-1)23-21(27-20)26-18-7-5-17(6-8-18)25-10-9-24-13-15-11-22-12-16(15)14-24/h1-8,15-16,22H,9-14H2. The van der Waals surface area contributed by atoms with Crippen LogP contribution in [0.25, 0.3) is 10.2 Å². The van der Waals surface area contributed by atoms with Gasteiger partial charge in [0.1, 0.15) is 18.1 Å². The van der Waals surface area contributed by atoms with Crippen molar-refractivity contribution in [2.24, 2.45) is 11.8 Å². The second kappa shape index (κ2) is 7.46. The van der Waals surface area contributed by atoms with Gasteiger partial charge in [-0.1, -0.05) is 23.5 Å². The van der Waals surface area contributed by atoms with E-state index >= 15 is 0 Å². The van der Waals surface area contributed by atoms with Crippen LogP contribution in [0.4, 0.5) is 0 Å². The fourth-order valence-electron chi connectivity index (χ4n) is 4.03. The fraction of sp³-hybridized carbons (Fsp3) is 0.381. The van der Waals surface area contributed by atoms with Crippen molar-refractivity contribution in [3.05, 3.63) is 48.5 Å². The van der Waals surface area contributed by atoms with Crippen LogP contribution in [-0.4, -0.2) is 49.2 Å². The Hall–Kier alpha value is -2.15. The number of thiazole rings is 1. The lowest BCUT2D eigenvalue weighted by Crippen LogP contribution is -2.29. The van der Waals surface area contributed by atoms with E-state index in [0.717, 1.165) is 46.7 Å². The highest BCUT2D eigenvalue weighted by molar-refractivity contribution is 7.20. The highest BCUT2D eigenvalue weighted by atomic mass is 32.1. The Morgan fingerprint density at radius 2 is 1.74 bits per heavy atom. The lowest BCUT2D eigenvalue weighted by atomic mass is 10.0. The molecule has 0 saturated carbocycles. The minimum Gasteiger partial charge on any atom is -0.492 e. The number of para-hydroxylation sites is 1. The van der Waals surface area contributed by atoms with Crippen molar-refractivity contribution < 1.29 is 9.47 Å². The van der Waals surface area contributed by atoms with Crippen molar-refractivity contribution in [3.8, 4) is 16.7 Å². The number of rotatable bonds is 6. The Balaban J connectivity index is 1.12. The first-order valence-electron chi connectivity index (χ1n) is 9.53. The van der Waals surface area contributed by atoms with E-state index in [4.69, 9.17) is 9.47 Å². The zero-order valence-electron chi connectivity index (χ0n) is 15.1. The second-order valence-corrected chi connectivity index (χ2v) is 8.30. The minimum atomic E-state index is 0.666. The molecule has 2 aliphatic rings. The summed E-state index contributed by atoms with van der Waals surface area (Å²) >= 11 is 1.56. The van der Waals surface area contributed by atoms with Gasteiger partial charge in [-0.15, -0.1) is 0 Å². The van der Waals surface area contributed by atoms with Gasteiger partial charge >= 0.3 is 0 Å². The van der Waals surface area contributed by atoms with Crippen LogP contribution in [-0.2, 0) is 0 Å². The molecule has 3 aromatic rings. The van der Waals surface area contributed by atoms with Gasteiger partial charge in [-0.05, 0) is 61.3 Å². The highest BCUT2D eigenvalue weighted by Crippen LogP contribution is 2.31. The van der Waals surface area contributed by atoms with Crippen molar-refractivity contribution in [1.82, 2.24) is 15.2 Å². The largest absolute Gasteiger partial charge is 0.492 e. The smallest absolute Gasteiger partial charge is 0.279 e. The van der Waals surface area contributed by atoms with E-state index in [2.05, 4.69) is 21.3 Å². The average molecular weight is 382 g/mol. The summed E-state index contributed by atoms with van der Waals surface area (Å²) in [6.45, 7) is 6.49. The van der Waals surface area contributed by atoms with Crippen molar-refractivity contribution in [1.29, 1.82) is 0 Å². The molecule has 6 heteroatoms. The lowest BCUT2D eigenvalue weighted by Gasteiger charge is -2.17. The molecule has 0 aliphatic carbocycles. The third kappa shape index (κ3) is 3.78. The van der Waals surface area contributed by atoms with E-state index in [1.165, 1.54) is 26.2 Å². The Bertz CT molecular complexity index is 866. The lowest BCUT2D eigenvalue weighted by molar-refractivity contribution is 0.228. The number of nitrogens with zero attached hydrogens (tertiary/aromatic N) is 2. The van der Waals surface area contributed by atoms with Crippen LogP contribution >= 0.6 is 11.3 Å². The van der Waals surface area contributed by atoms with E-state index in [9.17, 15) is 0 Å². The summed E-state index contributed by atoms with van der Waals surface area (Å²) in [6, 6.07) is 15.9.